The smallest absolute Gasteiger partial charge is 0.301 e. The molecular formula is C29H38O6S. The summed E-state index contributed by atoms with van der Waals surface area (Å²) in [6.45, 7) is 4.21. The van der Waals surface area contributed by atoms with Gasteiger partial charge >= 0.3 is 16.1 Å². The van der Waals surface area contributed by atoms with Gasteiger partial charge in [-0.3, -0.25) is 0 Å². The maximum absolute atomic E-state index is 13.3. The molecule has 1 unspecified atom stereocenters. The molecule has 0 saturated heterocycles. The Bertz CT molecular complexity index is 1200. The summed E-state index contributed by atoms with van der Waals surface area (Å²) >= 11 is 0. The summed E-state index contributed by atoms with van der Waals surface area (Å²) in [5, 5.41) is 0. The number of aryl methyl sites for hydroxylation is 2. The standard InChI is InChI=1S/C29H38O6S/c1-19-6-10-22(11-7-19)36(30,31)35-29(33-4,34-5)27-15-14-26-25-12-8-20-18-21(32-3)9-13-23(20)24(25)16-17-28(26,27)2/h6-7,9-11,13,18,24-27H,8,12,14-17H2,1-5H3/t24-,25-,26+,27?,28+/m1/s1. The minimum absolute atomic E-state index is 0.106. The summed E-state index contributed by atoms with van der Waals surface area (Å²) in [5.74, 6) is 0.573. The average Bonchev–Trinajstić information content (AvgIpc) is 3.25. The molecule has 0 aromatic heterocycles. The van der Waals surface area contributed by atoms with Crippen molar-refractivity contribution in [2.75, 3.05) is 21.3 Å². The van der Waals surface area contributed by atoms with Gasteiger partial charge in [-0.15, -0.1) is 0 Å². The van der Waals surface area contributed by atoms with Crippen LogP contribution < -0.4 is 4.74 Å². The number of fused-ring (bicyclic) bond motifs is 5. The first-order valence-corrected chi connectivity index (χ1v) is 14.4. The van der Waals surface area contributed by atoms with Crippen LogP contribution in [-0.2, 0) is 30.2 Å². The van der Waals surface area contributed by atoms with Crippen molar-refractivity contribution in [1.29, 1.82) is 0 Å². The third kappa shape index (κ3) is 4.08. The van der Waals surface area contributed by atoms with Crippen LogP contribution in [0, 0.1) is 30.1 Å². The van der Waals surface area contributed by atoms with Crippen LogP contribution in [0.1, 0.15) is 61.6 Å². The summed E-state index contributed by atoms with van der Waals surface area (Å²) in [6.07, 6.45) is 6.01. The van der Waals surface area contributed by atoms with Crippen LogP contribution >= 0.6 is 0 Å². The number of rotatable bonds is 7. The molecule has 7 heteroatoms. The summed E-state index contributed by atoms with van der Waals surface area (Å²) in [6, 6.07) is 13.2. The Morgan fingerprint density at radius 1 is 0.944 bits per heavy atom. The topological polar surface area (TPSA) is 71.1 Å². The van der Waals surface area contributed by atoms with E-state index in [4.69, 9.17) is 18.4 Å². The molecule has 0 radical (unpaired) electrons. The van der Waals surface area contributed by atoms with Gasteiger partial charge in [0.2, 0.25) is 0 Å². The predicted molar refractivity (Wildman–Crippen MR) is 137 cm³/mol. The van der Waals surface area contributed by atoms with Crippen LogP contribution in [0.3, 0.4) is 0 Å². The molecule has 2 fully saturated rings. The van der Waals surface area contributed by atoms with Crippen molar-refractivity contribution in [3.63, 3.8) is 0 Å². The molecule has 36 heavy (non-hydrogen) atoms. The predicted octanol–water partition coefficient (Wildman–Crippen LogP) is 5.83. The van der Waals surface area contributed by atoms with E-state index in [2.05, 4.69) is 25.1 Å². The molecule has 2 aromatic rings. The molecular weight excluding hydrogens is 476 g/mol. The van der Waals surface area contributed by atoms with E-state index in [0.29, 0.717) is 17.8 Å². The van der Waals surface area contributed by atoms with Gasteiger partial charge in [0.25, 0.3) is 0 Å². The Morgan fingerprint density at radius 2 is 1.67 bits per heavy atom. The Kier molecular flexibility index (Phi) is 6.73. The lowest BCUT2D eigenvalue weighted by molar-refractivity contribution is -0.363. The first kappa shape index (κ1) is 25.7. The Balaban J connectivity index is 1.44. The van der Waals surface area contributed by atoms with E-state index in [1.54, 1.807) is 31.4 Å². The zero-order chi connectivity index (χ0) is 25.7. The minimum Gasteiger partial charge on any atom is -0.497 e. The number of hydrogen-bond acceptors (Lipinski definition) is 6. The van der Waals surface area contributed by atoms with Crippen molar-refractivity contribution in [3.8, 4) is 5.75 Å². The minimum atomic E-state index is -4.09. The molecule has 0 bridgehead atoms. The molecule has 0 amide bonds. The molecule has 5 rings (SSSR count). The van der Waals surface area contributed by atoms with Gasteiger partial charge in [0.15, 0.2) is 0 Å². The van der Waals surface area contributed by atoms with Crippen LogP contribution in [-0.4, -0.2) is 35.7 Å². The van der Waals surface area contributed by atoms with Gasteiger partial charge in [-0.2, -0.15) is 8.42 Å². The van der Waals surface area contributed by atoms with Crippen LogP contribution in [0.2, 0.25) is 0 Å². The van der Waals surface area contributed by atoms with Crippen LogP contribution in [0.15, 0.2) is 47.4 Å². The van der Waals surface area contributed by atoms with Crippen molar-refractivity contribution in [2.45, 2.75) is 69.2 Å². The van der Waals surface area contributed by atoms with Gasteiger partial charge in [-0.05, 0) is 104 Å². The van der Waals surface area contributed by atoms with E-state index in [0.717, 1.165) is 49.8 Å². The molecule has 196 valence electrons. The Labute approximate surface area is 215 Å². The maximum Gasteiger partial charge on any atom is 0.301 e. The lowest BCUT2D eigenvalue weighted by Gasteiger charge is -2.53. The molecule has 5 atom stereocenters. The molecule has 0 aliphatic heterocycles. The highest BCUT2D eigenvalue weighted by Gasteiger charge is 2.63. The molecule has 3 aliphatic rings. The quantitative estimate of drug-likeness (QED) is 0.342. The largest absolute Gasteiger partial charge is 0.497 e. The van der Waals surface area contributed by atoms with E-state index in [1.807, 2.05) is 6.92 Å². The second kappa shape index (κ2) is 9.43. The second-order valence-corrected chi connectivity index (χ2v) is 12.6. The number of benzene rings is 2. The fraction of sp³-hybridized carbons (Fsp3) is 0.586. The third-order valence-electron chi connectivity index (χ3n) is 9.47. The highest BCUT2D eigenvalue weighted by Crippen LogP contribution is 2.65. The van der Waals surface area contributed by atoms with E-state index >= 15 is 0 Å². The Morgan fingerprint density at radius 3 is 2.33 bits per heavy atom. The Hall–Kier alpha value is -1.93. The van der Waals surface area contributed by atoms with Gasteiger partial charge in [0, 0.05) is 20.1 Å². The highest BCUT2D eigenvalue weighted by molar-refractivity contribution is 7.86. The second-order valence-electron chi connectivity index (χ2n) is 11.0. The molecule has 0 heterocycles. The summed E-state index contributed by atoms with van der Waals surface area (Å²) in [4.78, 5) is 0.106. The fourth-order valence-corrected chi connectivity index (χ4v) is 8.79. The van der Waals surface area contributed by atoms with Crippen LogP contribution in [0.4, 0.5) is 0 Å². The lowest BCUT2D eigenvalue weighted by Crippen LogP contribution is -2.54. The van der Waals surface area contributed by atoms with Gasteiger partial charge < -0.3 is 14.2 Å². The first-order chi connectivity index (χ1) is 17.2. The summed E-state index contributed by atoms with van der Waals surface area (Å²) in [5.41, 5.74) is 3.69. The maximum atomic E-state index is 13.3. The third-order valence-corrected chi connectivity index (χ3v) is 10.8. The summed E-state index contributed by atoms with van der Waals surface area (Å²) in [7, 11) is 0.600. The average molecular weight is 515 g/mol. The lowest BCUT2D eigenvalue weighted by atomic mass is 9.54. The van der Waals surface area contributed by atoms with Gasteiger partial charge in [0.1, 0.15) is 5.75 Å². The van der Waals surface area contributed by atoms with E-state index in [-0.39, 0.29) is 16.2 Å². The zero-order valence-electron chi connectivity index (χ0n) is 22.0. The first-order valence-electron chi connectivity index (χ1n) is 13.0. The molecule has 2 saturated carbocycles. The van der Waals surface area contributed by atoms with Gasteiger partial charge in [0.05, 0.1) is 12.0 Å². The molecule has 0 spiro atoms. The normalized spacial score (nSPS) is 29.8. The number of methoxy groups -OCH3 is 3. The van der Waals surface area contributed by atoms with Gasteiger partial charge in [-0.1, -0.05) is 30.7 Å². The number of ether oxygens (including phenoxy) is 3. The number of hydrogen-bond donors (Lipinski definition) is 0. The van der Waals surface area contributed by atoms with Crippen LogP contribution in [0.5, 0.6) is 5.75 Å². The van der Waals surface area contributed by atoms with Gasteiger partial charge in [-0.25, -0.2) is 4.18 Å². The molecule has 3 aliphatic carbocycles. The van der Waals surface area contributed by atoms with E-state index < -0.39 is 16.1 Å². The zero-order valence-corrected chi connectivity index (χ0v) is 22.8. The molecule has 6 nitrogen and oxygen atoms in total. The fourth-order valence-electron chi connectivity index (χ4n) is 7.67. The van der Waals surface area contributed by atoms with Crippen molar-refractivity contribution in [1.82, 2.24) is 0 Å². The van der Waals surface area contributed by atoms with Crippen molar-refractivity contribution in [3.05, 3.63) is 59.2 Å². The summed E-state index contributed by atoms with van der Waals surface area (Å²) < 4.78 is 49.7. The monoisotopic (exact) mass is 514 g/mol. The van der Waals surface area contributed by atoms with Crippen molar-refractivity contribution >= 4 is 10.1 Å². The molecule has 0 N–H and O–H groups in total. The SMILES string of the molecule is COc1ccc2c(c1)CC[C@@H]1[C@@H]2CC[C@]2(C)C(C(OC)(OC)OS(=O)(=O)c3ccc(C)cc3)CC[C@@H]12. The van der Waals surface area contributed by atoms with E-state index in [1.165, 1.54) is 25.3 Å². The van der Waals surface area contributed by atoms with E-state index in [9.17, 15) is 8.42 Å². The van der Waals surface area contributed by atoms with Crippen molar-refractivity contribution < 1.29 is 26.8 Å². The molecule has 2 aromatic carbocycles. The van der Waals surface area contributed by atoms with Crippen molar-refractivity contribution in [2.24, 2.45) is 23.2 Å². The van der Waals surface area contributed by atoms with Crippen LogP contribution in [0.25, 0.3) is 0 Å². The highest BCUT2D eigenvalue weighted by atomic mass is 32.2.